The Morgan fingerprint density at radius 1 is 1.04 bits per heavy atom. The predicted octanol–water partition coefficient (Wildman–Crippen LogP) is -0.276. The Labute approximate surface area is 138 Å². The molecule has 0 radical (unpaired) electrons. The molecule has 1 aromatic carbocycles. The van der Waals surface area contributed by atoms with Gasteiger partial charge >= 0.3 is 11.9 Å². The van der Waals surface area contributed by atoms with E-state index in [0.717, 1.165) is 0 Å². The van der Waals surface area contributed by atoms with Crippen molar-refractivity contribution in [2.24, 2.45) is 0 Å². The third-order valence-corrected chi connectivity index (χ3v) is 2.98. The molecule has 0 spiro atoms. The van der Waals surface area contributed by atoms with Crippen LogP contribution in [0.4, 0.5) is 0 Å². The second-order valence-electron chi connectivity index (χ2n) is 5.45. The molecule has 8 heteroatoms. The molecule has 0 saturated carbocycles. The molecule has 0 aromatic heterocycles. The van der Waals surface area contributed by atoms with Gasteiger partial charge in [-0.25, -0.2) is 0 Å². The Hall–Kier alpha value is -2.90. The zero-order chi connectivity index (χ0) is 18.5. The van der Waals surface area contributed by atoms with Gasteiger partial charge < -0.3 is 24.7 Å². The van der Waals surface area contributed by atoms with E-state index in [4.69, 9.17) is 9.47 Å². The molecule has 1 aromatic rings. The number of esters is 2. The number of carboxylic acids is 1. The fraction of sp³-hybridized carbons (Fsp3) is 0.375. The lowest BCUT2D eigenvalue weighted by Gasteiger charge is -2.31. The molecule has 0 fully saturated rings. The van der Waals surface area contributed by atoms with Crippen LogP contribution in [0, 0.1) is 0 Å². The third-order valence-electron chi connectivity index (χ3n) is 2.98. The van der Waals surface area contributed by atoms with Crippen molar-refractivity contribution in [3.63, 3.8) is 0 Å². The maximum Gasteiger partial charge on any atom is 0.308 e. The molecule has 130 valence electrons. The first-order valence-corrected chi connectivity index (χ1v) is 7.03. The topological polar surface area (TPSA) is 122 Å². The molecule has 0 saturated heterocycles. The van der Waals surface area contributed by atoms with Gasteiger partial charge in [0.15, 0.2) is 11.5 Å². The van der Waals surface area contributed by atoms with Crippen molar-refractivity contribution in [1.82, 2.24) is 5.32 Å². The van der Waals surface area contributed by atoms with E-state index in [1.54, 1.807) is 0 Å². The first-order valence-electron chi connectivity index (χ1n) is 7.03. The molecule has 1 amide bonds. The predicted molar refractivity (Wildman–Crippen MR) is 80.0 cm³/mol. The van der Waals surface area contributed by atoms with Crippen LogP contribution >= 0.6 is 0 Å². The highest BCUT2D eigenvalue weighted by atomic mass is 16.6. The van der Waals surface area contributed by atoms with Crippen LogP contribution in [0.15, 0.2) is 18.2 Å². The first-order chi connectivity index (χ1) is 11.0. The Balaban J connectivity index is 3.19. The lowest BCUT2D eigenvalue weighted by molar-refractivity contribution is -0.313. The summed E-state index contributed by atoms with van der Waals surface area (Å²) in [6, 6.07) is 4.23. The van der Waals surface area contributed by atoms with Gasteiger partial charge in [-0.15, -0.1) is 0 Å². The molecule has 0 aliphatic rings. The quantitative estimate of drug-likeness (QED) is 0.560. The summed E-state index contributed by atoms with van der Waals surface area (Å²) in [5, 5.41) is 13.7. The van der Waals surface area contributed by atoms with Gasteiger partial charge in [-0.2, -0.15) is 0 Å². The Morgan fingerprint density at radius 3 is 2.04 bits per heavy atom. The highest BCUT2D eigenvalue weighted by Gasteiger charge is 2.28. The summed E-state index contributed by atoms with van der Waals surface area (Å²) in [7, 11) is 0. The second kappa shape index (κ2) is 7.58. The molecule has 0 aliphatic heterocycles. The zero-order valence-electron chi connectivity index (χ0n) is 13.8. The summed E-state index contributed by atoms with van der Waals surface area (Å²) in [5.41, 5.74) is -1.22. The molecule has 24 heavy (non-hydrogen) atoms. The standard InChI is InChI=1S/C16H19NO7/c1-9(18)17-16(4,15(21)22)8-12-5-6-13(23-10(2)19)14(7-12)24-11(3)20/h5-7H,8H2,1-4H3,(H,17,18)(H,21,22)/p-1/t16-/m0/s1. The largest absolute Gasteiger partial charge is 0.548 e. The van der Waals surface area contributed by atoms with Gasteiger partial charge in [0, 0.05) is 27.2 Å². The number of amides is 1. The average Bonchev–Trinajstić information content (AvgIpc) is 2.39. The van der Waals surface area contributed by atoms with Crippen LogP contribution < -0.4 is 19.9 Å². The van der Waals surface area contributed by atoms with Crippen LogP contribution in [0.1, 0.15) is 33.3 Å². The van der Waals surface area contributed by atoms with Crippen molar-refractivity contribution in [1.29, 1.82) is 0 Å². The Morgan fingerprint density at radius 2 is 1.58 bits per heavy atom. The summed E-state index contributed by atoms with van der Waals surface area (Å²) in [5.74, 6) is -3.23. The lowest BCUT2D eigenvalue weighted by atomic mass is 9.92. The normalized spacial score (nSPS) is 12.7. The molecule has 0 heterocycles. The molecule has 1 N–H and O–H groups in total. The van der Waals surface area contributed by atoms with E-state index < -0.39 is 29.4 Å². The molecular weight excluding hydrogens is 318 g/mol. The van der Waals surface area contributed by atoms with E-state index in [1.807, 2.05) is 0 Å². The highest BCUT2D eigenvalue weighted by Crippen LogP contribution is 2.30. The zero-order valence-corrected chi connectivity index (χ0v) is 13.8. The van der Waals surface area contributed by atoms with Gasteiger partial charge in [0.25, 0.3) is 0 Å². The average molecular weight is 336 g/mol. The minimum absolute atomic E-state index is 0.0242. The van der Waals surface area contributed by atoms with Gasteiger partial charge in [0.05, 0.1) is 11.5 Å². The number of rotatable bonds is 6. The smallest absolute Gasteiger partial charge is 0.308 e. The van der Waals surface area contributed by atoms with Crippen molar-refractivity contribution in [3.05, 3.63) is 23.8 Å². The van der Waals surface area contributed by atoms with Crippen molar-refractivity contribution >= 4 is 23.8 Å². The Bertz CT molecular complexity index is 683. The first kappa shape index (κ1) is 19.1. The van der Waals surface area contributed by atoms with E-state index >= 15 is 0 Å². The summed E-state index contributed by atoms with van der Waals surface area (Å²) in [6.07, 6.45) is -0.121. The maximum absolute atomic E-state index is 11.4. The van der Waals surface area contributed by atoms with E-state index in [2.05, 4.69) is 5.32 Å². The molecule has 0 aliphatic carbocycles. The molecule has 0 unspecified atom stereocenters. The molecule has 1 atom stereocenters. The number of benzene rings is 1. The van der Waals surface area contributed by atoms with Gasteiger partial charge in [0.2, 0.25) is 5.91 Å². The summed E-state index contributed by atoms with van der Waals surface area (Å²) < 4.78 is 9.91. The number of ether oxygens (including phenoxy) is 2. The minimum Gasteiger partial charge on any atom is -0.548 e. The van der Waals surface area contributed by atoms with Crippen molar-refractivity contribution in [2.45, 2.75) is 39.7 Å². The maximum atomic E-state index is 11.4. The van der Waals surface area contributed by atoms with E-state index in [-0.39, 0.29) is 17.9 Å². The number of aliphatic carboxylic acids is 1. The summed E-state index contributed by atoms with van der Waals surface area (Å²) >= 11 is 0. The third kappa shape index (κ3) is 5.38. The second-order valence-corrected chi connectivity index (χ2v) is 5.45. The minimum atomic E-state index is -1.65. The monoisotopic (exact) mass is 336 g/mol. The molecule has 8 nitrogen and oxygen atoms in total. The van der Waals surface area contributed by atoms with Gasteiger partial charge in [-0.3, -0.25) is 14.4 Å². The summed E-state index contributed by atoms with van der Waals surface area (Å²) in [4.78, 5) is 44.8. The number of carbonyl (C=O) groups is 4. The van der Waals surface area contributed by atoms with Crippen molar-refractivity contribution < 1.29 is 33.8 Å². The van der Waals surface area contributed by atoms with E-state index in [9.17, 15) is 24.3 Å². The number of nitrogens with one attached hydrogen (secondary N) is 1. The fourth-order valence-electron chi connectivity index (χ4n) is 2.10. The van der Waals surface area contributed by atoms with Crippen molar-refractivity contribution in [2.75, 3.05) is 0 Å². The molecular formula is C16H18NO7-. The van der Waals surface area contributed by atoms with E-state index in [0.29, 0.717) is 5.56 Å². The SMILES string of the molecule is CC(=O)N[C@@](C)(Cc1ccc(OC(C)=O)c(OC(C)=O)c1)C(=O)[O-]. The number of carboxylic acid groups (broad SMARTS) is 1. The highest BCUT2D eigenvalue weighted by molar-refractivity contribution is 5.84. The van der Waals surface area contributed by atoms with E-state index in [1.165, 1.54) is 45.9 Å². The Kier molecular flexibility index (Phi) is 6.05. The van der Waals surface area contributed by atoms with Crippen LogP contribution in [0.2, 0.25) is 0 Å². The summed E-state index contributed by atoms with van der Waals surface area (Å²) in [6.45, 7) is 4.85. The van der Waals surface area contributed by atoms with Gasteiger partial charge in [-0.1, -0.05) is 6.07 Å². The van der Waals surface area contributed by atoms with Crippen LogP contribution in [0.3, 0.4) is 0 Å². The molecule has 1 rings (SSSR count). The number of carbonyl (C=O) groups excluding carboxylic acids is 4. The van der Waals surface area contributed by atoms with Crippen LogP contribution in [0.5, 0.6) is 11.5 Å². The fourth-order valence-corrected chi connectivity index (χ4v) is 2.10. The van der Waals surface area contributed by atoms with Crippen molar-refractivity contribution in [3.8, 4) is 11.5 Å². The number of hydrogen-bond acceptors (Lipinski definition) is 7. The van der Waals surface area contributed by atoms with Gasteiger partial charge in [-0.05, 0) is 24.6 Å². The van der Waals surface area contributed by atoms with Crippen LogP contribution in [-0.2, 0) is 25.6 Å². The lowest BCUT2D eigenvalue weighted by Crippen LogP contribution is -2.58. The molecule has 0 bridgehead atoms. The number of hydrogen-bond donors (Lipinski definition) is 1. The van der Waals surface area contributed by atoms with Crippen LogP contribution in [-0.4, -0.2) is 29.4 Å². The van der Waals surface area contributed by atoms with Crippen LogP contribution in [0.25, 0.3) is 0 Å². The van der Waals surface area contributed by atoms with Gasteiger partial charge in [0.1, 0.15) is 0 Å².